The third kappa shape index (κ3) is 4.37. The van der Waals surface area contributed by atoms with Crippen molar-refractivity contribution in [2.75, 3.05) is 18.5 Å². The molecule has 2 aromatic heterocycles. The lowest BCUT2D eigenvalue weighted by atomic mass is 10.2. The van der Waals surface area contributed by atoms with E-state index in [0.29, 0.717) is 11.7 Å². The van der Waals surface area contributed by atoms with E-state index in [1.165, 1.54) is 11.3 Å². The highest BCUT2D eigenvalue weighted by Crippen LogP contribution is 2.29. The van der Waals surface area contributed by atoms with Crippen LogP contribution in [0.2, 0.25) is 0 Å². The molecule has 0 aliphatic heterocycles. The lowest BCUT2D eigenvalue weighted by Crippen LogP contribution is -2.29. The minimum Gasteiger partial charge on any atom is -0.494 e. The Kier molecular flexibility index (Phi) is 5.35. The summed E-state index contributed by atoms with van der Waals surface area (Å²) in [7, 11) is 0. The van der Waals surface area contributed by atoms with Gasteiger partial charge in [-0.2, -0.15) is 0 Å². The van der Waals surface area contributed by atoms with Gasteiger partial charge in [0.05, 0.1) is 29.4 Å². The van der Waals surface area contributed by atoms with E-state index in [1.54, 1.807) is 0 Å². The SMILES string of the molecule is CCOc1ccc2nc(NC(=O)CNC(C)c3ccc(C)o3)sc2c1. The quantitative estimate of drug-likeness (QED) is 0.669. The topological polar surface area (TPSA) is 76.4 Å². The average Bonchev–Trinajstić information content (AvgIpc) is 3.18. The second kappa shape index (κ2) is 7.67. The van der Waals surface area contributed by atoms with Gasteiger partial charge in [-0.25, -0.2) is 4.98 Å². The summed E-state index contributed by atoms with van der Waals surface area (Å²) in [4.78, 5) is 16.6. The number of carbonyl (C=O) groups excluding carboxylic acids is 1. The number of benzene rings is 1. The highest BCUT2D eigenvalue weighted by atomic mass is 32.1. The van der Waals surface area contributed by atoms with E-state index in [9.17, 15) is 4.79 Å². The number of fused-ring (bicyclic) bond motifs is 1. The van der Waals surface area contributed by atoms with Crippen LogP contribution in [-0.2, 0) is 4.79 Å². The molecule has 1 atom stereocenters. The number of aromatic nitrogens is 1. The minimum absolute atomic E-state index is 0.0384. The Labute approximate surface area is 150 Å². The number of nitrogens with zero attached hydrogens (tertiary/aromatic N) is 1. The van der Waals surface area contributed by atoms with Crippen LogP contribution < -0.4 is 15.4 Å². The maximum absolute atomic E-state index is 12.1. The first kappa shape index (κ1) is 17.4. The van der Waals surface area contributed by atoms with Crippen molar-refractivity contribution in [3.63, 3.8) is 0 Å². The second-order valence-electron chi connectivity index (χ2n) is 5.68. The van der Waals surface area contributed by atoms with Crippen molar-refractivity contribution < 1.29 is 13.9 Å². The van der Waals surface area contributed by atoms with Crippen LogP contribution >= 0.6 is 11.3 Å². The maximum Gasteiger partial charge on any atom is 0.240 e. The van der Waals surface area contributed by atoms with E-state index >= 15 is 0 Å². The number of hydrogen-bond donors (Lipinski definition) is 2. The van der Waals surface area contributed by atoms with E-state index in [-0.39, 0.29) is 18.5 Å². The molecule has 25 heavy (non-hydrogen) atoms. The van der Waals surface area contributed by atoms with Gasteiger partial charge in [-0.15, -0.1) is 0 Å². The fourth-order valence-electron chi connectivity index (χ4n) is 2.41. The van der Waals surface area contributed by atoms with Crippen molar-refractivity contribution in [3.05, 3.63) is 41.9 Å². The Hall–Kier alpha value is -2.38. The Balaban J connectivity index is 1.58. The largest absolute Gasteiger partial charge is 0.494 e. The number of nitrogens with one attached hydrogen (secondary N) is 2. The van der Waals surface area contributed by atoms with Gasteiger partial charge in [0.2, 0.25) is 5.91 Å². The minimum atomic E-state index is -0.140. The summed E-state index contributed by atoms with van der Waals surface area (Å²) in [6, 6.07) is 9.49. The number of rotatable bonds is 7. The predicted molar refractivity (Wildman–Crippen MR) is 99.3 cm³/mol. The molecule has 0 aliphatic rings. The summed E-state index contributed by atoms with van der Waals surface area (Å²) >= 11 is 1.43. The molecule has 0 radical (unpaired) electrons. The lowest BCUT2D eigenvalue weighted by Gasteiger charge is -2.10. The number of furan rings is 1. The Bertz CT molecular complexity index is 871. The Morgan fingerprint density at radius 2 is 2.20 bits per heavy atom. The van der Waals surface area contributed by atoms with Crippen LogP contribution in [-0.4, -0.2) is 24.0 Å². The normalized spacial score (nSPS) is 12.3. The third-order valence-corrected chi connectivity index (χ3v) is 4.61. The molecule has 132 valence electrons. The fourth-order valence-corrected chi connectivity index (χ4v) is 3.32. The number of aryl methyl sites for hydroxylation is 1. The number of hydrogen-bond acceptors (Lipinski definition) is 6. The van der Waals surface area contributed by atoms with Crippen LogP contribution in [0, 0.1) is 6.92 Å². The van der Waals surface area contributed by atoms with Crippen molar-refractivity contribution in [1.29, 1.82) is 0 Å². The second-order valence-corrected chi connectivity index (χ2v) is 6.71. The molecule has 2 N–H and O–H groups in total. The van der Waals surface area contributed by atoms with Gasteiger partial charge in [0, 0.05) is 0 Å². The van der Waals surface area contributed by atoms with Crippen LogP contribution in [0.25, 0.3) is 10.2 Å². The Morgan fingerprint density at radius 3 is 2.92 bits per heavy atom. The van der Waals surface area contributed by atoms with Crippen LogP contribution in [0.1, 0.15) is 31.4 Å². The molecule has 0 fully saturated rings. The number of anilines is 1. The first-order valence-corrected chi connectivity index (χ1v) is 8.99. The molecule has 1 amide bonds. The first-order chi connectivity index (χ1) is 12.0. The molecule has 7 heteroatoms. The first-order valence-electron chi connectivity index (χ1n) is 8.18. The van der Waals surface area contributed by atoms with Gasteiger partial charge in [0.15, 0.2) is 5.13 Å². The molecule has 0 bridgehead atoms. The standard InChI is InChI=1S/C18H21N3O3S/c1-4-23-13-6-7-14-16(9-13)25-18(20-14)21-17(22)10-19-12(3)15-8-5-11(2)24-15/h5-9,12,19H,4,10H2,1-3H3,(H,20,21,22). The predicted octanol–water partition coefficient (Wildman–Crippen LogP) is 3.89. The summed E-state index contributed by atoms with van der Waals surface area (Å²) in [5.41, 5.74) is 0.844. The van der Waals surface area contributed by atoms with Gasteiger partial charge in [0.1, 0.15) is 17.3 Å². The van der Waals surface area contributed by atoms with Gasteiger partial charge in [0.25, 0.3) is 0 Å². The number of carbonyl (C=O) groups is 1. The van der Waals surface area contributed by atoms with E-state index < -0.39 is 0 Å². The van der Waals surface area contributed by atoms with E-state index in [2.05, 4.69) is 15.6 Å². The fraction of sp³-hybridized carbons (Fsp3) is 0.333. The molecule has 3 aromatic rings. The van der Waals surface area contributed by atoms with Gasteiger partial charge < -0.3 is 14.5 Å². The highest BCUT2D eigenvalue weighted by molar-refractivity contribution is 7.22. The third-order valence-electron chi connectivity index (χ3n) is 3.67. The van der Waals surface area contributed by atoms with Gasteiger partial charge in [-0.05, 0) is 51.1 Å². The summed E-state index contributed by atoms with van der Waals surface area (Å²) < 4.78 is 12.0. The van der Waals surface area contributed by atoms with Gasteiger partial charge in [-0.3, -0.25) is 10.1 Å². The number of ether oxygens (including phenoxy) is 1. The molecule has 2 heterocycles. The van der Waals surface area contributed by atoms with Crippen LogP contribution in [0.3, 0.4) is 0 Å². The molecule has 6 nitrogen and oxygen atoms in total. The van der Waals surface area contributed by atoms with Crippen LogP contribution in [0.5, 0.6) is 5.75 Å². The number of amides is 1. The molecule has 1 aromatic carbocycles. The number of thiazole rings is 1. The molecular weight excluding hydrogens is 338 g/mol. The van der Waals surface area contributed by atoms with Crippen molar-refractivity contribution in [2.45, 2.75) is 26.8 Å². The summed E-state index contributed by atoms with van der Waals surface area (Å²) in [5, 5.41) is 6.55. The maximum atomic E-state index is 12.1. The zero-order chi connectivity index (χ0) is 17.8. The molecule has 3 rings (SSSR count). The van der Waals surface area contributed by atoms with Crippen LogP contribution in [0.4, 0.5) is 5.13 Å². The van der Waals surface area contributed by atoms with Crippen molar-refractivity contribution in [2.24, 2.45) is 0 Å². The van der Waals surface area contributed by atoms with Crippen molar-refractivity contribution >= 4 is 32.6 Å². The molecule has 1 unspecified atom stereocenters. The van der Waals surface area contributed by atoms with Crippen LogP contribution in [0.15, 0.2) is 34.7 Å². The monoisotopic (exact) mass is 359 g/mol. The average molecular weight is 359 g/mol. The lowest BCUT2D eigenvalue weighted by molar-refractivity contribution is -0.115. The zero-order valence-electron chi connectivity index (χ0n) is 14.5. The smallest absolute Gasteiger partial charge is 0.240 e. The molecule has 0 saturated heterocycles. The molecule has 0 aliphatic carbocycles. The van der Waals surface area contributed by atoms with E-state index in [1.807, 2.05) is 51.1 Å². The zero-order valence-corrected chi connectivity index (χ0v) is 15.3. The van der Waals surface area contributed by atoms with E-state index in [0.717, 1.165) is 27.5 Å². The van der Waals surface area contributed by atoms with Crippen molar-refractivity contribution in [1.82, 2.24) is 10.3 Å². The summed E-state index contributed by atoms with van der Waals surface area (Å²) in [5.74, 6) is 2.34. The molecule has 0 saturated carbocycles. The highest BCUT2D eigenvalue weighted by Gasteiger charge is 2.12. The van der Waals surface area contributed by atoms with Gasteiger partial charge >= 0.3 is 0 Å². The van der Waals surface area contributed by atoms with Crippen molar-refractivity contribution in [3.8, 4) is 5.75 Å². The Morgan fingerprint density at radius 1 is 1.36 bits per heavy atom. The molecule has 0 spiro atoms. The van der Waals surface area contributed by atoms with Gasteiger partial charge in [-0.1, -0.05) is 11.3 Å². The molecular formula is C18H21N3O3S. The summed E-state index contributed by atoms with van der Waals surface area (Å²) in [6.45, 7) is 6.60. The summed E-state index contributed by atoms with van der Waals surface area (Å²) in [6.07, 6.45) is 0. The van der Waals surface area contributed by atoms with E-state index in [4.69, 9.17) is 9.15 Å².